The van der Waals surface area contributed by atoms with Gasteiger partial charge in [0.1, 0.15) is 11.6 Å². The molecular formula is C27H45N5. The van der Waals surface area contributed by atoms with E-state index in [4.69, 9.17) is 9.97 Å². The summed E-state index contributed by atoms with van der Waals surface area (Å²) in [5.74, 6) is 2.86. The van der Waals surface area contributed by atoms with Gasteiger partial charge in [0, 0.05) is 49.4 Å². The Labute approximate surface area is 196 Å². The van der Waals surface area contributed by atoms with Gasteiger partial charge in [0.2, 0.25) is 0 Å². The number of aromatic nitrogens is 2. The number of nitrogens with zero attached hydrogens (tertiary/aromatic N) is 5. The maximum absolute atomic E-state index is 5.19. The van der Waals surface area contributed by atoms with Crippen LogP contribution >= 0.6 is 0 Å². The number of likely N-dealkylation sites (tertiary alicyclic amines) is 2. The molecule has 0 radical (unpaired) electrons. The van der Waals surface area contributed by atoms with Gasteiger partial charge in [-0.2, -0.15) is 0 Å². The van der Waals surface area contributed by atoms with Gasteiger partial charge in [0.15, 0.2) is 0 Å². The van der Waals surface area contributed by atoms with Crippen molar-refractivity contribution in [1.29, 1.82) is 0 Å². The van der Waals surface area contributed by atoms with Crippen molar-refractivity contribution >= 4 is 5.82 Å². The molecule has 178 valence electrons. The average molecular weight is 440 g/mol. The molecule has 0 aromatic carbocycles. The SMILES string of the molecule is C=C.CC(C)N1CC2CCCC(C1)N2c1ccnc(C2CCN(C3CCCCC3)CC2)n1. The lowest BCUT2D eigenvalue weighted by Crippen LogP contribution is -2.62. The lowest BCUT2D eigenvalue weighted by atomic mass is 9.89. The smallest absolute Gasteiger partial charge is 0.133 e. The highest BCUT2D eigenvalue weighted by molar-refractivity contribution is 5.43. The van der Waals surface area contributed by atoms with E-state index < -0.39 is 0 Å². The molecule has 0 amide bonds. The number of piperidine rings is 2. The Hall–Kier alpha value is -1.46. The van der Waals surface area contributed by atoms with E-state index in [9.17, 15) is 0 Å². The Morgan fingerprint density at radius 1 is 0.844 bits per heavy atom. The highest BCUT2D eigenvalue weighted by atomic mass is 15.3. The van der Waals surface area contributed by atoms with Crippen LogP contribution in [0.2, 0.25) is 0 Å². The Kier molecular flexibility index (Phi) is 8.22. The first-order valence-corrected chi connectivity index (χ1v) is 13.3. The van der Waals surface area contributed by atoms with Crippen molar-refractivity contribution in [3.05, 3.63) is 31.2 Å². The minimum absolute atomic E-state index is 0.543. The van der Waals surface area contributed by atoms with Crippen molar-refractivity contribution in [2.45, 2.75) is 108 Å². The molecule has 2 unspecified atom stereocenters. The second-order valence-corrected chi connectivity index (χ2v) is 10.6. The Bertz CT molecular complexity index is 694. The number of hydrogen-bond acceptors (Lipinski definition) is 5. The van der Waals surface area contributed by atoms with Gasteiger partial charge < -0.3 is 9.80 Å². The molecule has 0 spiro atoms. The summed E-state index contributed by atoms with van der Waals surface area (Å²) >= 11 is 0. The monoisotopic (exact) mass is 439 g/mol. The molecule has 0 N–H and O–H groups in total. The largest absolute Gasteiger partial charge is 0.348 e. The second kappa shape index (κ2) is 11.1. The fraction of sp³-hybridized carbons (Fsp3) is 0.778. The summed E-state index contributed by atoms with van der Waals surface area (Å²) in [4.78, 5) is 18.1. The zero-order valence-corrected chi connectivity index (χ0v) is 20.6. The fourth-order valence-electron chi connectivity index (χ4n) is 6.61. The number of hydrogen-bond donors (Lipinski definition) is 0. The Balaban J connectivity index is 0.00000119. The highest BCUT2D eigenvalue weighted by Crippen LogP contribution is 2.35. The normalized spacial score (nSPS) is 28.4. The summed E-state index contributed by atoms with van der Waals surface area (Å²) in [5.41, 5.74) is 0. The summed E-state index contributed by atoms with van der Waals surface area (Å²) in [5, 5.41) is 0. The average Bonchev–Trinajstić information content (AvgIpc) is 2.85. The van der Waals surface area contributed by atoms with Crippen molar-refractivity contribution < 1.29 is 0 Å². The van der Waals surface area contributed by atoms with Gasteiger partial charge in [-0.05, 0) is 77.9 Å². The first kappa shape index (κ1) is 23.7. The van der Waals surface area contributed by atoms with Crippen LogP contribution in [0.15, 0.2) is 25.4 Å². The summed E-state index contributed by atoms with van der Waals surface area (Å²) in [6.07, 6.45) is 15.6. The fourth-order valence-corrected chi connectivity index (χ4v) is 6.61. The van der Waals surface area contributed by atoms with Crippen LogP contribution < -0.4 is 4.90 Å². The first-order valence-electron chi connectivity index (χ1n) is 13.3. The molecule has 2 atom stereocenters. The zero-order chi connectivity index (χ0) is 22.5. The lowest BCUT2D eigenvalue weighted by molar-refractivity contribution is 0.120. The van der Waals surface area contributed by atoms with E-state index in [0.29, 0.717) is 24.0 Å². The summed E-state index contributed by atoms with van der Waals surface area (Å²) in [7, 11) is 0. The molecule has 1 aliphatic carbocycles. The van der Waals surface area contributed by atoms with E-state index in [0.717, 1.165) is 11.9 Å². The third-order valence-electron chi connectivity index (χ3n) is 8.39. The molecule has 32 heavy (non-hydrogen) atoms. The van der Waals surface area contributed by atoms with Crippen LogP contribution in [0.4, 0.5) is 5.82 Å². The molecule has 5 heteroatoms. The van der Waals surface area contributed by atoms with Crippen LogP contribution in [0.1, 0.15) is 89.8 Å². The van der Waals surface area contributed by atoms with E-state index in [1.807, 2.05) is 6.20 Å². The molecule has 1 saturated carbocycles. The van der Waals surface area contributed by atoms with Crippen molar-refractivity contribution in [3.8, 4) is 0 Å². The third-order valence-corrected chi connectivity index (χ3v) is 8.39. The van der Waals surface area contributed by atoms with E-state index in [2.05, 4.69) is 47.8 Å². The van der Waals surface area contributed by atoms with Crippen molar-refractivity contribution in [2.75, 3.05) is 31.1 Å². The first-order chi connectivity index (χ1) is 15.7. The van der Waals surface area contributed by atoms with Crippen molar-refractivity contribution in [1.82, 2.24) is 19.8 Å². The molecule has 1 aromatic heterocycles. The van der Waals surface area contributed by atoms with Crippen LogP contribution in [0.25, 0.3) is 0 Å². The van der Waals surface area contributed by atoms with Crippen LogP contribution in [0.3, 0.4) is 0 Å². The van der Waals surface area contributed by atoms with Gasteiger partial charge in [-0.25, -0.2) is 9.97 Å². The number of anilines is 1. The topological polar surface area (TPSA) is 35.5 Å². The van der Waals surface area contributed by atoms with E-state index in [-0.39, 0.29) is 0 Å². The standard InChI is InChI=1S/C25H41N5.C2H4/c1-19(2)29-17-22-9-6-10-23(18-29)30(22)24-11-14-26-25(27-24)20-12-15-28(16-13-20)21-7-4-3-5-8-21;1-2/h11,14,19-23H,3-10,12-13,15-18H2,1-2H3;1-2H2. The molecule has 4 aliphatic rings. The summed E-state index contributed by atoms with van der Waals surface area (Å²) in [6, 6.07) is 4.91. The molecule has 5 nitrogen and oxygen atoms in total. The molecule has 2 bridgehead atoms. The van der Waals surface area contributed by atoms with Gasteiger partial charge in [0.05, 0.1) is 0 Å². The molecule has 1 aromatic rings. The van der Waals surface area contributed by atoms with Crippen molar-refractivity contribution in [2.24, 2.45) is 0 Å². The maximum atomic E-state index is 5.19. The van der Waals surface area contributed by atoms with Crippen LogP contribution in [0, 0.1) is 0 Å². The van der Waals surface area contributed by atoms with Gasteiger partial charge in [0.25, 0.3) is 0 Å². The molecular weight excluding hydrogens is 394 g/mol. The van der Waals surface area contributed by atoms with E-state index in [1.54, 1.807) is 0 Å². The van der Waals surface area contributed by atoms with Gasteiger partial charge >= 0.3 is 0 Å². The van der Waals surface area contributed by atoms with Crippen LogP contribution in [-0.4, -0.2) is 70.1 Å². The maximum Gasteiger partial charge on any atom is 0.133 e. The molecule has 3 saturated heterocycles. The predicted octanol–water partition coefficient (Wildman–Crippen LogP) is 5.24. The minimum Gasteiger partial charge on any atom is -0.348 e. The third kappa shape index (κ3) is 5.20. The van der Waals surface area contributed by atoms with Crippen LogP contribution in [-0.2, 0) is 0 Å². The van der Waals surface area contributed by atoms with Gasteiger partial charge in [-0.15, -0.1) is 13.2 Å². The summed E-state index contributed by atoms with van der Waals surface area (Å²) < 4.78 is 0. The predicted molar refractivity (Wildman–Crippen MR) is 134 cm³/mol. The molecule has 5 rings (SSSR count). The highest BCUT2D eigenvalue weighted by Gasteiger charge is 2.39. The molecule has 4 fully saturated rings. The minimum atomic E-state index is 0.543. The van der Waals surface area contributed by atoms with Crippen LogP contribution in [0.5, 0.6) is 0 Å². The molecule has 3 aliphatic heterocycles. The van der Waals surface area contributed by atoms with Gasteiger partial charge in [-0.3, -0.25) is 4.90 Å². The number of rotatable bonds is 4. The Morgan fingerprint density at radius 2 is 1.47 bits per heavy atom. The van der Waals surface area contributed by atoms with E-state index in [1.165, 1.54) is 96.2 Å². The zero-order valence-electron chi connectivity index (χ0n) is 20.6. The summed E-state index contributed by atoms with van der Waals surface area (Å²) in [6.45, 7) is 15.5. The van der Waals surface area contributed by atoms with E-state index >= 15 is 0 Å². The lowest BCUT2D eigenvalue weighted by Gasteiger charge is -2.52. The van der Waals surface area contributed by atoms with Crippen molar-refractivity contribution in [3.63, 3.8) is 0 Å². The van der Waals surface area contributed by atoms with Gasteiger partial charge in [-0.1, -0.05) is 19.3 Å². The number of piperazine rings is 1. The quantitative estimate of drug-likeness (QED) is 0.599. The Morgan fingerprint density at radius 3 is 2.09 bits per heavy atom. The second-order valence-electron chi connectivity index (χ2n) is 10.6. The molecule has 4 heterocycles. The number of fused-ring (bicyclic) bond motifs is 2.